The number of hydrogen-bond donors (Lipinski definition) is 3. The Labute approximate surface area is 157 Å². The van der Waals surface area contributed by atoms with E-state index < -0.39 is 9.96 Å². The van der Waals surface area contributed by atoms with Gasteiger partial charge in [-0.1, -0.05) is 66.3 Å². The van der Waals surface area contributed by atoms with Gasteiger partial charge in [0.2, 0.25) is 9.70 Å². The second-order valence-electron chi connectivity index (χ2n) is 5.60. The normalized spacial score (nSPS) is 12.7. The van der Waals surface area contributed by atoms with Crippen LogP contribution in [0.25, 0.3) is 0 Å². The number of carbonyl (C=O) groups is 1. The molecule has 8 heteroatoms. The van der Waals surface area contributed by atoms with Crippen LogP contribution in [0, 0.1) is 12.8 Å². The number of alkyl halides is 3. The highest BCUT2D eigenvalue weighted by Gasteiger charge is 2.34. The average molecular weight is 397 g/mol. The summed E-state index contributed by atoms with van der Waals surface area (Å²) in [5, 5.41) is 8.68. The van der Waals surface area contributed by atoms with Gasteiger partial charge < -0.3 is 16.0 Å². The van der Waals surface area contributed by atoms with Crippen LogP contribution in [0.3, 0.4) is 0 Å². The summed E-state index contributed by atoms with van der Waals surface area (Å²) in [6, 6.07) is 7.65. The van der Waals surface area contributed by atoms with Crippen molar-refractivity contribution in [3.8, 4) is 0 Å². The fourth-order valence-corrected chi connectivity index (χ4v) is 2.29. The van der Waals surface area contributed by atoms with Crippen LogP contribution in [0.1, 0.15) is 25.8 Å². The SMILES string of the molecule is Cc1ccc(NC(=S)N[C@@H](NC(=O)CC(C)C)C(Cl)(Cl)Cl)cc1. The molecule has 3 N–H and O–H groups in total. The number of benzene rings is 1. The minimum atomic E-state index is -1.74. The van der Waals surface area contributed by atoms with Gasteiger partial charge in [0.25, 0.3) is 0 Å². The topological polar surface area (TPSA) is 53.2 Å². The van der Waals surface area contributed by atoms with Crippen molar-refractivity contribution in [1.29, 1.82) is 0 Å². The standard InChI is InChI=1S/C15H20Cl3N3OS/c1-9(2)8-12(22)20-13(15(16,17)18)21-14(23)19-11-6-4-10(3)5-7-11/h4-7,9,13H,8H2,1-3H3,(H,20,22)(H2,19,21,23)/t13-/m1/s1. The van der Waals surface area contributed by atoms with Crippen LogP contribution < -0.4 is 16.0 Å². The quantitative estimate of drug-likeness (QED) is 0.398. The van der Waals surface area contributed by atoms with Crippen molar-refractivity contribution >= 4 is 63.7 Å². The van der Waals surface area contributed by atoms with Gasteiger partial charge >= 0.3 is 0 Å². The molecule has 0 spiro atoms. The molecule has 0 bridgehead atoms. The summed E-state index contributed by atoms with van der Waals surface area (Å²) in [6.45, 7) is 5.85. The van der Waals surface area contributed by atoms with Crippen molar-refractivity contribution in [2.24, 2.45) is 5.92 Å². The zero-order chi connectivity index (χ0) is 17.6. The first-order valence-electron chi connectivity index (χ1n) is 7.08. The van der Waals surface area contributed by atoms with Crippen LogP contribution in [-0.4, -0.2) is 21.0 Å². The molecular formula is C15H20Cl3N3OS. The van der Waals surface area contributed by atoms with Gasteiger partial charge in [0.05, 0.1) is 0 Å². The third kappa shape index (κ3) is 8.06. The summed E-state index contributed by atoms with van der Waals surface area (Å²) < 4.78 is -1.74. The number of rotatable bonds is 5. The fraction of sp³-hybridized carbons (Fsp3) is 0.467. The molecule has 1 atom stereocenters. The molecule has 0 unspecified atom stereocenters. The van der Waals surface area contributed by atoms with E-state index in [0.717, 1.165) is 11.3 Å². The lowest BCUT2D eigenvalue weighted by Gasteiger charge is -2.28. The first kappa shape index (κ1) is 20.3. The zero-order valence-corrected chi connectivity index (χ0v) is 16.2. The van der Waals surface area contributed by atoms with Crippen molar-refractivity contribution in [3.05, 3.63) is 29.8 Å². The average Bonchev–Trinajstić information content (AvgIpc) is 2.38. The number of hydrogen-bond acceptors (Lipinski definition) is 2. The Kier molecular flexibility index (Phi) is 7.87. The van der Waals surface area contributed by atoms with Crippen LogP contribution >= 0.6 is 47.0 Å². The maximum Gasteiger partial charge on any atom is 0.228 e. The van der Waals surface area contributed by atoms with Gasteiger partial charge in [-0.15, -0.1) is 0 Å². The Bertz CT molecular complexity index is 544. The van der Waals surface area contributed by atoms with E-state index in [4.69, 9.17) is 47.0 Å². The Morgan fingerprint density at radius 2 is 1.74 bits per heavy atom. The largest absolute Gasteiger partial charge is 0.339 e. The minimum Gasteiger partial charge on any atom is -0.339 e. The maximum absolute atomic E-state index is 11.9. The molecule has 0 fully saturated rings. The molecule has 0 aliphatic carbocycles. The predicted molar refractivity (Wildman–Crippen MR) is 102 cm³/mol. The first-order chi connectivity index (χ1) is 10.6. The van der Waals surface area contributed by atoms with Crippen molar-refractivity contribution < 1.29 is 4.79 Å². The lowest BCUT2D eigenvalue weighted by atomic mass is 10.1. The van der Waals surface area contributed by atoms with Gasteiger partial charge in [0, 0.05) is 12.1 Å². The van der Waals surface area contributed by atoms with Gasteiger partial charge in [0.15, 0.2) is 5.11 Å². The van der Waals surface area contributed by atoms with Crippen molar-refractivity contribution in [2.45, 2.75) is 37.2 Å². The van der Waals surface area contributed by atoms with E-state index in [9.17, 15) is 4.79 Å². The molecule has 128 valence electrons. The number of aryl methyl sites for hydroxylation is 1. The Balaban J connectivity index is 2.67. The lowest BCUT2D eigenvalue weighted by molar-refractivity contribution is -0.122. The smallest absolute Gasteiger partial charge is 0.228 e. The molecule has 1 aromatic carbocycles. The summed E-state index contributed by atoms with van der Waals surface area (Å²) in [4.78, 5) is 11.9. The van der Waals surface area contributed by atoms with Crippen LogP contribution in [0.4, 0.5) is 5.69 Å². The van der Waals surface area contributed by atoms with Gasteiger partial charge in [-0.25, -0.2) is 0 Å². The van der Waals surface area contributed by atoms with E-state index in [1.165, 1.54) is 0 Å². The highest BCUT2D eigenvalue weighted by atomic mass is 35.6. The molecule has 0 radical (unpaired) electrons. The molecule has 1 aromatic rings. The van der Waals surface area contributed by atoms with Crippen molar-refractivity contribution in [2.75, 3.05) is 5.32 Å². The second kappa shape index (κ2) is 8.92. The molecule has 0 aliphatic rings. The summed E-state index contributed by atoms with van der Waals surface area (Å²) in [6.07, 6.45) is -0.610. The van der Waals surface area contributed by atoms with Crippen LogP contribution in [-0.2, 0) is 4.79 Å². The molecule has 0 saturated carbocycles. The van der Waals surface area contributed by atoms with Crippen molar-refractivity contribution in [3.63, 3.8) is 0 Å². The van der Waals surface area contributed by atoms with Gasteiger partial charge in [0.1, 0.15) is 6.17 Å². The number of carbonyl (C=O) groups excluding carboxylic acids is 1. The molecule has 0 aliphatic heterocycles. The number of thiocarbonyl (C=S) groups is 1. The van der Waals surface area contributed by atoms with E-state index in [-0.39, 0.29) is 16.9 Å². The first-order valence-corrected chi connectivity index (χ1v) is 8.62. The molecule has 1 rings (SSSR count). The molecule has 4 nitrogen and oxygen atoms in total. The summed E-state index contributed by atoms with van der Waals surface area (Å²) in [5.74, 6) is -0.0226. The number of nitrogens with one attached hydrogen (secondary N) is 3. The van der Waals surface area contributed by atoms with Crippen LogP contribution in [0.15, 0.2) is 24.3 Å². The summed E-state index contributed by atoms with van der Waals surface area (Å²) in [5.41, 5.74) is 1.93. The molecule has 0 aromatic heterocycles. The third-order valence-corrected chi connectivity index (χ3v) is 3.69. The lowest BCUT2D eigenvalue weighted by Crippen LogP contribution is -2.56. The number of anilines is 1. The highest BCUT2D eigenvalue weighted by Crippen LogP contribution is 2.29. The minimum absolute atomic E-state index is 0.198. The van der Waals surface area contributed by atoms with Gasteiger partial charge in [-0.3, -0.25) is 4.79 Å². The van der Waals surface area contributed by atoms with Gasteiger partial charge in [-0.05, 0) is 37.2 Å². The second-order valence-corrected chi connectivity index (χ2v) is 8.38. The third-order valence-electron chi connectivity index (χ3n) is 2.81. The van der Waals surface area contributed by atoms with E-state index in [0.29, 0.717) is 6.42 Å². The molecule has 0 saturated heterocycles. The molecular weight excluding hydrogens is 377 g/mol. The zero-order valence-electron chi connectivity index (χ0n) is 13.1. The van der Waals surface area contributed by atoms with Crippen LogP contribution in [0.5, 0.6) is 0 Å². The summed E-state index contributed by atoms with van der Waals surface area (Å²) >= 11 is 22.9. The summed E-state index contributed by atoms with van der Waals surface area (Å²) in [7, 11) is 0. The van der Waals surface area contributed by atoms with E-state index >= 15 is 0 Å². The Hall–Kier alpha value is -0.750. The number of halogens is 3. The van der Waals surface area contributed by atoms with E-state index in [1.807, 2.05) is 45.0 Å². The molecule has 1 amide bonds. The van der Waals surface area contributed by atoms with E-state index in [2.05, 4.69) is 16.0 Å². The monoisotopic (exact) mass is 395 g/mol. The Morgan fingerprint density at radius 1 is 1.17 bits per heavy atom. The maximum atomic E-state index is 11.9. The molecule has 0 heterocycles. The van der Waals surface area contributed by atoms with Crippen LogP contribution in [0.2, 0.25) is 0 Å². The number of amides is 1. The predicted octanol–water partition coefficient (Wildman–Crippen LogP) is 4.14. The van der Waals surface area contributed by atoms with Crippen molar-refractivity contribution in [1.82, 2.24) is 10.6 Å². The Morgan fingerprint density at radius 3 is 2.22 bits per heavy atom. The van der Waals surface area contributed by atoms with Gasteiger partial charge in [-0.2, -0.15) is 0 Å². The highest BCUT2D eigenvalue weighted by molar-refractivity contribution is 7.80. The molecule has 23 heavy (non-hydrogen) atoms. The fourth-order valence-electron chi connectivity index (χ4n) is 1.73. The van der Waals surface area contributed by atoms with E-state index in [1.54, 1.807) is 0 Å².